The molecule has 1 aromatic rings. The number of carbonyl (C=O) groups is 2. The summed E-state index contributed by atoms with van der Waals surface area (Å²) < 4.78 is 34.8. The van der Waals surface area contributed by atoms with Crippen molar-refractivity contribution in [2.75, 3.05) is 40.1 Å². The van der Waals surface area contributed by atoms with Gasteiger partial charge in [-0.15, -0.1) is 0 Å². The molecule has 292 valence electrons. The van der Waals surface area contributed by atoms with Gasteiger partial charge >= 0.3 is 12.4 Å². The van der Waals surface area contributed by atoms with E-state index in [0.717, 1.165) is 17.4 Å². The van der Waals surface area contributed by atoms with Crippen LogP contribution in [0.15, 0.2) is 15.8 Å². The number of hydrogen-bond acceptors (Lipinski definition) is 15. The summed E-state index contributed by atoms with van der Waals surface area (Å²) in [5.74, 6) is -0.582. The van der Waals surface area contributed by atoms with Gasteiger partial charge in [0.2, 0.25) is 11.8 Å². The normalized spacial score (nSPS) is 29.1. The Hall–Kier alpha value is -2.17. The van der Waals surface area contributed by atoms with Crippen molar-refractivity contribution < 1.29 is 62.9 Å². The van der Waals surface area contributed by atoms with E-state index in [-0.39, 0.29) is 31.1 Å². The van der Waals surface area contributed by atoms with Crippen molar-refractivity contribution in [1.82, 2.24) is 20.2 Å². The third kappa shape index (κ3) is 12.7. The van der Waals surface area contributed by atoms with E-state index in [4.69, 9.17) is 39.8 Å². The van der Waals surface area contributed by atoms with Crippen LogP contribution in [0.25, 0.3) is 0 Å². The number of amides is 2. The number of aliphatic hydroxyl groups excluding tert-OH is 4. The van der Waals surface area contributed by atoms with E-state index in [0.29, 0.717) is 32.2 Å². The van der Waals surface area contributed by atoms with Crippen molar-refractivity contribution in [3.05, 3.63) is 32.6 Å². The second kappa shape index (κ2) is 20.9. The number of nitrogens with one attached hydrogen (secondary N) is 3. The maximum Gasteiger partial charge on any atom is 0.330 e. The Morgan fingerprint density at radius 2 is 1.65 bits per heavy atom. The van der Waals surface area contributed by atoms with Crippen molar-refractivity contribution in [2.45, 2.75) is 114 Å². The standard InChI is InChI=1S/C30H51N4O15PS/c1-17-14-34(30(42)33-27(17)41)28-26(25(20(16-36)47-28)49-50(43,51)44-3)45-12-8-5-4-7-11-31-21(38)10-6-9-13-46-29-22(32-18(2)37)24(40)23(39)19(15-35)48-29/h14,19-20,22-26,28-29,35-36,39-40H,4-13,15-16H2,1-3H3,(H,31,38)(H,32,37)(H,43,51)(H,33,41,42)/t19-,20?,22-,23+,24-,25?,26?,28?,29-,50?/m1/s1. The number of rotatable bonds is 21. The maximum atomic E-state index is 12.6. The van der Waals surface area contributed by atoms with E-state index in [1.807, 2.05) is 0 Å². The van der Waals surface area contributed by atoms with Crippen LogP contribution in [0, 0.1) is 6.92 Å². The third-order valence-corrected chi connectivity index (χ3v) is 10.1. The lowest BCUT2D eigenvalue weighted by atomic mass is 9.97. The van der Waals surface area contributed by atoms with E-state index < -0.39 is 92.3 Å². The zero-order valence-corrected chi connectivity index (χ0v) is 30.6. The average Bonchev–Trinajstić information content (AvgIpc) is 3.42. The predicted molar refractivity (Wildman–Crippen MR) is 182 cm³/mol. The number of aromatic nitrogens is 2. The molecule has 1 aromatic heterocycles. The molecule has 2 amide bonds. The summed E-state index contributed by atoms with van der Waals surface area (Å²) in [5, 5.41) is 45.1. The molecule has 51 heavy (non-hydrogen) atoms. The van der Waals surface area contributed by atoms with Crippen LogP contribution in [0.1, 0.15) is 63.7 Å². The Morgan fingerprint density at radius 3 is 2.31 bits per heavy atom. The lowest BCUT2D eigenvalue weighted by Gasteiger charge is -2.42. The molecule has 0 saturated carbocycles. The molecule has 19 nitrogen and oxygen atoms in total. The minimum atomic E-state index is -3.72. The van der Waals surface area contributed by atoms with E-state index in [9.17, 15) is 44.5 Å². The molecule has 0 aliphatic carbocycles. The van der Waals surface area contributed by atoms with Crippen molar-refractivity contribution in [2.24, 2.45) is 0 Å². The number of carbonyl (C=O) groups excluding carboxylic acids is 2. The van der Waals surface area contributed by atoms with Gasteiger partial charge in [-0.3, -0.25) is 28.5 Å². The fourth-order valence-electron chi connectivity index (χ4n) is 5.67. The van der Waals surface area contributed by atoms with Gasteiger partial charge in [-0.1, -0.05) is 12.8 Å². The first kappa shape index (κ1) is 43.2. The van der Waals surface area contributed by atoms with E-state index in [1.165, 1.54) is 27.2 Å². The summed E-state index contributed by atoms with van der Waals surface area (Å²) in [4.78, 5) is 60.9. The highest BCUT2D eigenvalue weighted by atomic mass is 32.5. The third-order valence-electron chi connectivity index (χ3n) is 8.41. The van der Waals surface area contributed by atoms with Crippen LogP contribution in [-0.4, -0.2) is 136 Å². The van der Waals surface area contributed by atoms with Gasteiger partial charge in [0.05, 0.1) is 13.2 Å². The maximum absolute atomic E-state index is 12.6. The van der Waals surface area contributed by atoms with Crippen molar-refractivity contribution in [3.63, 3.8) is 0 Å². The van der Waals surface area contributed by atoms with Crippen LogP contribution >= 0.6 is 6.72 Å². The summed E-state index contributed by atoms with van der Waals surface area (Å²) in [6.07, 6.45) is -3.80. The molecule has 2 saturated heterocycles. The van der Waals surface area contributed by atoms with Gasteiger partial charge in [-0.05, 0) is 44.4 Å². The minimum Gasteiger partial charge on any atom is -0.394 e. The number of aliphatic hydroxyl groups is 4. The van der Waals surface area contributed by atoms with E-state index in [2.05, 4.69) is 15.6 Å². The molecule has 3 rings (SSSR count). The first-order valence-electron chi connectivity index (χ1n) is 16.8. The second-order valence-electron chi connectivity index (χ2n) is 12.3. The van der Waals surface area contributed by atoms with Gasteiger partial charge in [0, 0.05) is 52.0 Å². The Bertz CT molecular complexity index is 1430. The van der Waals surface area contributed by atoms with Crippen molar-refractivity contribution in [1.29, 1.82) is 0 Å². The van der Waals surface area contributed by atoms with Crippen molar-refractivity contribution >= 4 is 30.3 Å². The first-order valence-corrected chi connectivity index (χ1v) is 19.4. The van der Waals surface area contributed by atoms with E-state index in [1.54, 1.807) is 0 Å². The molecule has 2 aliphatic heterocycles. The zero-order chi connectivity index (χ0) is 37.7. The molecule has 0 bridgehead atoms. The quantitative estimate of drug-likeness (QED) is 0.0505. The SMILES string of the molecule is COP(O)(=S)OC1C(CO)OC(n2cc(C)c(=O)[nH]c2=O)C1OCCCCCCNC(=O)CCCCO[C@@H]1O[C@H](CO)[C@H](O)[C@H](O)[C@H]1NC(C)=O. The van der Waals surface area contributed by atoms with Crippen LogP contribution < -0.4 is 21.9 Å². The number of H-pyrrole nitrogens is 1. The van der Waals surface area contributed by atoms with Crippen molar-refractivity contribution in [3.8, 4) is 0 Å². The van der Waals surface area contributed by atoms with Gasteiger partial charge in [0.1, 0.15) is 42.7 Å². The molecule has 5 unspecified atom stereocenters. The minimum absolute atomic E-state index is 0.132. The number of hydrogen-bond donors (Lipinski definition) is 8. The summed E-state index contributed by atoms with van der Waals surface area (Å²) in [7, 11) is 1.18. The number of nitrogens with zero attached hydrogens (tertiary/aromatic N) is 1. The first-order chi connectivity index (χ1) is 24.2. The van der Waals surface area contributed by atoms with Gasteiger partial charge in [-0.2, -0.15) is 0 Å². The highest BCUT2D eigenvalue weighted by Crippen LogP contribution is 2.48. The average molecular weight is 771 g/mol. The Morgan fingerprint density at radius 1 is 0.980 bits per heavy atom. The molecule has 2 aliphatic rings. The van der Waals surface area contributed by atoms with Crippen LogP contribution in [-0.2, 0) is 49.4 Å². The van der Waals surface area contributed by atoms with Crippen LogP contribution in [0.3, 0.4) is 0 Å². The zero-order valence-electron chi connectivity index (χ0n) is 28.9. The molecule has 0 spiro atoms. The molecule has 21 heteroatoms. The largest absolute Gasteiger partial charge is 0.394 e. The molecule has 10 atom stereocenters. The van der Waals surface area contributed by atoms with Gasteiger partial charge in [0.15, 0.2) is 12.5 Å². The molecular formula is C30H51N4O15PS. The molecule has 0 aromatic carbocycles. The number of aromatic amines is 1. The summed E-state index contributed by atoms with van der Waals surface area (Å²) >= 11 is 5.00. The van der Waals surface area contributed by atoms with Crippen LogP contribution in [0.5, 0.6) is 0 Å². The number of unbranched alkanes of at least 4 members (excludes halogenated alkanes) is 4. The molecule has 2 fully saturated rings. The van der Waals surface area contributed by atoms with E-state index >= 15 is 0 Å². The summed E-state index contributed by atoms with van der Waals surface area (Å²) in [6.45, 7) is -1.21. The molecule has 8 N–H and O–H groups in total. The fraction of sp³-hybridized carbons (Fsp3) is 0.800. The van der Waals surface area contributed by atoms with Gasteiger partial charge in [-0.25, -0.2) is 4.79 Å². The lowest BCUT2D eigenvalue weighted by molar-refractivity contribution is -0.270. The topological polar surface area (TPSA) is 270 Å². The number of ether oxygens (including phenoxy) is 4. The van der Waals surface area contributed by atoms with Crippen LogP contribution in [0.4, 0.5) is 0 Å². The second-order valence-corrected chi connectivity index (χ2v) is 15.2. The van der Waals surface area contributed by atoms with Crippen LogP contribution in [0.2, 0.25) is 0 Å². The smallest absolute Gasteiger partial charge is 0.330 e. The lowest BCUT2D eigenvalue weighted by Crippen LogP contribution is -2.64. The highest BCUT2D eigenvalue weighted by Gasteiger charge is 2.49. The van der Waals surface area contributed by atoms with Gasteiger partial charge in [0.25, 0.3) is 5.56 Å². The fourth-order valence-corrected chi connectivity index (χ4v) is 6.62. The molecular weight excluding hydrogens is 719 g/mol. The summed E-state index contributed by atoms with van der Waals surface area (Å²) in [6, 6.07) is -1.03. The monoisotopic (exact) mass is 770 g/mol. The Labute approximate surface area is 299 Å². The Balaban J connectivity index is 1.37. The molecule has 3 heterocycles. The van der Waals surface area contributed by atoms with Gasteiger partial charge < -0.3 is 59.4 Å². The number of aryl methyl sites for hydroxylation is 1. The highest BCUT2D eigenvalue weighted by molar-refractivity contribution is 8.07. The molecule has 0 radical (unpaired) electrons. The summed E-state index contributed by atoms with van der Waals surface area (Å²) in [5.41, 5.74) is -1.06. The Kier molecular flexibility index (Phi) is 17.7. The predicted octanol–water partition coefficient (Wildman–Crippen LogP) is -1.82.